The first kappa shape index (κ1) is 5.99. The van der Waals surface area contributed by atoms with Crippen molar-refractivity contribution in [2.75, 3.05) is 0 Å². The predicted octanol–water partition coefficient (Wildman–Crippen LogP) is 0.0479. The SMILES string of the molecule is O=C(O)CC[Se]. The van der Waals surface area contributed by atoms with Gasteiger partial charge in [0.2, 0.25) is 0 Å². The average Bonchev–Trinajstić information content (AvgIpc) is 1.35. The zero-order valence-electron chi connectivity index (χ0n) is 3.18. The third-order valence-electron chi connectivity index (χ3n) is 0.316. The maximum atomic E-state index is 9.58. The van der Waals surface area contributed by atoms with Crippen molar-refractivity contribution in [3.05, 3.63) is 0 Å². The Morgan fingerprint density at radius 1 is 1.83 bits per heavy atom. The molecule has 0 bridgehead atoms. The van der Waals surface area contributed by atoms with Gasteiger partial charge in [-0.3, -0.25) is 0 Å². The van der Waals surface area contributed by atoms with Gasteiger partial charge in [-0.1, -0.05) is 0 Å². The summed E-state index contributed by atoms with van der Waals surface area (Å²) in [6.07, 6.45) is 0.236. The second-order valence-corrected chi connectivity index (χ2v) is 1.70. The molecule has 0 aromatic heterocycles. The molecule has 0 aliphatic carbocycles. The molecule has 0 aromatic rings. The molecule has 35 valence electrons. The Kier molecular flexibility index (Phi) is 3.18. The van der Waals surface area contributed by atoms with Crippen molar-refractivity contribution in [2.45, 2.75) is 11.7 Å². The molecular formula is C3H5O2Se. The van der Waals surface area contributed by atoms with Gasteiger partial charge in [0.25, 0.3) is 0 Å². The summed E-state index contributed by atoms with van der Waals surface area (Å²) in [7, 11) is 0. The van der Waals surface area contributed by atoms with E-state index in [2.05, 4.69) is 16.0 Å². The number of carboxylic acid groups (broad SMARTS) is 1. The zero-order valence-corrected chi connectivity index (χ0v) is 4.89. The van der Waals surface area contributed by atoms with Gasteiger partial charge in [0.15, 0.2) is 0 Å². The Morgan fingerprint density at radius 3 is 2.33 bits per heavy atom. The molecule has 0 unspecified atom stereocenters. The van der Waals surface area contributed by atoms with Gasteiger partial charge in [0.1, 0.15) is 0 Å². The Morgan fingerprint density at radius 2 is 2.33 bits per heavy atom. The van der Waals surface area contributed by atoms with E-state index in [-0.39, 0.29) is 6.42 Å². The van der Waals surface area contributed by atoms with Crippen molar-refractivity contribution >= 4 is 22.0 Å². The van der Waals surface area contributed by atoms with Gasteiger partial charge in [-0.25, -0.2) is 0 Å². The molecule has 0 spiro atoms. The predicted molar refractivity (Wildman–Crippen MR) is 22.8 cm³/mol. The number of carboxylic acids is 1. The van der Waals surface area contributed by atoms with E-state index in [1.54, 1.807) is 0 Å². The summed E-state index contributed by atoms with van der Waals surface area (Å²) < 4.78 is 0. The van der Waals surface area contributed by atoms with Crippen LogP contribution in [0.3, 0.4) is 0 Å². The third kappa shape index (κ3) is 3.99. The number of carbonyl (C=O) groups is 1. The molecule has 0 aliphatic rings. The van der Waals surface area contributed by atoms with Crippen LogP contribution in [0.4, 0.5) is 0 Å². The van der Waals surface area contributed by atoms with E-state index in [0.717, 1.165) is 0 Å². The zero-order chi connectivity index (χ0) is 4.99. The second-order valence-electron chi connectivity index (χ2n) is 0.848. The fourth-order valence-electron chi connectivity index (χ4n) is 0.0873. The van der Waals surface area contributed by atoms with Gasteiger partial charge >= 0.3 is 43.6 Å². The van der Waals surface area contributed by atoms with E-state index in [1.807, 2.05) is 0 Å². The molecular weight excluding hydrogens is 147 g/mol. The van der Waals surface area contributed by atoms with Gasteiger partial charge in [-0.2, -0.15) is 0 Å². The van der Waals surface area contributed by atoms with Crippen LogP contribution < -0.4 is 0 Å². The molecule has 0 amide bonds. The van der Waals surface area contributed by atoms with Crippen molar-refractivity contribution in [3.8, 4) is 0 Å². The van der Waals surface area contributed by atoms with E-state index in [0.29, 0.717) is 5.32 Å². The summed E-state index contributed by atoms with van der Waals surface area (Å²) in [6.45, 7) is 0. The van der Waals surface area contributed by atoms with Crippen LogP contribution in [0.1, 0.15) is 6.42 Å². The van der Waals surface area contributed by atoms with Gasteiger partial charge in [-0.15, -0.1) is 0 Å². The third-order valence-corrected chi connectivity index (χ3v) is 0.744. The number of aliphatic carboxylic acids is 1. The standard InChI is InChI=1S/C3H5O2Se/c4-3(5)1-2-6/h1-2H2,(H,4,5). The molecule has 0 saturated carbocycles. The van der Waals surface area contributed by atoms with E-state index >= 15 is 0 Å². The van der Waals surface area contributed by atoms with Crippen LogP contribution in [0.25, 0.3) is 0 Å². The molecule has 3 heteroatoms. The molecule has 0 rings (SSSR count). The quantitative estimate of drug-likeness (QED) is 0.567. The molecule has 2 nitrogen and oxygen atoms in total. The first-order valence-corrected chi connectivity index (χ1v) is 2.78. The van der Waals surface area contributed by atoms with Crippen LogP contribution in [0.15, 0.2) is 0 Å². The molecule has 0 heterocycles. The van der Waals surface area contributed by atoms with Crippen molar-refractivity contribution in [1.29, 1.82) is 0 Å². The van der Waals surface area contributed by atoms with Crippen LogP contribution >= 0.6 is 0 Å². The Hall–Kier alpha value is -0.0105. The molecule has 0 aromatic carbocycles. The summed E-state index contributed by atoms with van der Waals surface area (Å²) in [5.74, 6) is -0.742. The summed E-state index contributed by atoms with van der Waals surface area (Å²) in [5, 5.41) is 8.50. The summed E-state index contributed by atoms with van der Waals surface area (Å²) >= 11 is 2.59. The summed E-state index contributed by atoms with van der Waals surface area (Å²) in [4.78, 5) is 9.58. The fourth-order valence-corrected chi connectivity index (χ4v) is 0.454. The first-order valence-electron chi connectivity index (χ1n) is 1.57. The van der Waals surface area contributed by atoms with E-state index in [4.69, 9.17) is 5.11 Å². The van der Waals surface area contributed by atoms with Gasteiger partial charge in [0.05, 0.1) is 0 Å². The molecule has 1 radical (unpaired) electrons. The van der Waals surface area contributed by atoms with Crippen LogP contribution in [0, 0.1) is 0 Å². The summed E-state index contributed by atoms with van der Waals surface area (Å²) in [5.41, 5.74) is 0. The second kappa shape index (κ2) is 3.19. The van der Waals surface area contributed by atoms with Gasteiger partial charge in [0, 0.05) is 0 Å². The fraction of sp³-hybridized carbons (Fsp3) is 0.667. The first-order chi connectivity index (χ1) is 2.77. The van der Waals surface area contributed by atoms with Gasteiger partial charge in [-0.05, 0) is 0 Å². The van der Waals surface area contributed by atoms with Crippen LogP contribution in [-0.2, 0) is 4.79 Å². The Labute approximate surface area is 44.4 Å². The van der Waals surface area contributed by atoms with Crippen molar-refractivity contribution in [1.82, 2.24) is 0 Å². The molecule has 6 heavy (non-hydrogen) atoms. The minimum absolute atomic E-state index is 0.236. The summed E-state index contributed by atoms with van der Waals surface area (Å²) in [6, 6.07) is 0. The maximum absolute atomic E-state index is 9.58. The van der Waals surface area contributed by atoms with E-state index in [9.17, 15) is 4.79 Å². The van der Waals surface area contributed by atoms with E-state index in [1.165, 1.54) is 0 Å². The molecule has 0 saturated heterocycles. The van der Waals surface area contributed by atoms with Crippen molar-refractivity contribution < 1.29 is 9.90 Å². The minimum atomic E-state index is -0.742. The van der Waals surface area contributed by atoms with Crippen LogP contribution in [0.2, 0.25) is 5.32 Å². The molecule has 1 N–H and O–H groups in total. The van der Waals surface area contributed by atoms with Gasteiger partial charge < -0.3 is 0 Å². The number of rotatable bonds is 2. The van der Waals surface area contributed by atoms with Crippen LogP contribution in [0.5, 0.6) is 0 Å². The monoisotopic (exact) mass is 153 g/mol. The average molecular weight is 152 g/mol. The van der Waals surface area contributed by atoms with Crippen molar-refractivity contribution in [2.24, 2.45) is 0 Å². The van der Waals surface area contributed by atoms with Crippen molar-refractivity contribution in [3.63, 3.8) is 0 Å². The molecule has 0 aliphatic heterocycles. The topological polar surface area (TPSA) is 37.3 Å². The van der Waals surface area contributed by atoms with E-state index < -0.39 is 5.97 Å². The van der Waals surface area contributed by atoms with Crippen LogP contribution in [-0.4, -0.2) is 27.1 Å². The molecule has 0 atom stereocenters. The normalized spacial score (nSPS) is 8.17. The number of hydrogen-bond acceptors (Lipinski definition) is 1. The Bertz CT molecular complexity index is 52.8. The Balaban J connectivity index is 2.83. The molecule has 0 fully saturated rings. The number of hydrogen-bond donors (Lipinski definition) is 1.